The Kier molecular flexibility index (Phi) is 6.82. The first-order chi connectivity index (χ1) is 16.4. The maximum Gasteiger partial charge on any atom is 0.220 e. The second kappa shape index (κ2) is 9.95. The van der Waals surface area contributed by atoms with Gasteiger partial charge in [-0.15, -0.1) is 0 Å². The molecule has 0 aliphatic rings. The molecule has 1 amide bonds. The standard InChI is InChI=1S/C27H30N4O3/c1-17(20-9-7-6-8-10-20)29-27(32)14-13-22-18(2)28-26-16-24(30-31(26)19(22)3)23-12-11-21(33-4)15-25(23)34-5/h6-12,15-17H,13-14H2,1-5H3,(H,29,32)/t17-/m1/s1. The fourth-order valence-corrected chi connectivity index (χ4v) is 4.21. The minimum atomic E-state index is -0.0374. The van der Waals surface area contributed by atoms with Crippen LogP contribution in [0.2, 0.25) is 0 Å². The molecule has 0 radical (unpaired) electrons. The second-order valence-corrected chi connectivity index (χ2v) is 8.33. The van der Waals surface area contributed by atoms with Gasteiger partial charge in [0, 0.05) is 35.5 Å². The number of hydrogen-bond donors (Lipinski definition) is 1. The molecule has 0 saturated carbocycles. The Morgan fingerprint density at radius 3 is 2.53 bits per heavy atom. The summed E-state index contributed by atoms with van der Waals surface area (Å²) < 4.78 is 12.7. The number of nitrogens with one attached hydrogen (secondary N) is 1. The summed E-state index contributed by atoms with van der Waals surface area (Å²) in [5.41, 5.74) is 6.39. The van der Waals surface area contributed by atoms with Crippen LogP contribution in [0.4, 0.5) is 0 Å². The van der Waals surface area contributed by atoms with Crippen molar-refractivity contribution in [3.63, 3.8) is 0 Å². The van der Waals surface area contributed by atoms with Crippen LogP contribution in [0, 0.1) is 13.8 Å². The third-order valence-electron chi connectivity index (χ3n) is 6.13. The van der Waals surface area contributed by atoms with E-state index in [0.29, 0.717) is 18.6 Å². The number of aryl methyl sites for hydroxylation is 2. The van der Waals surface area contributed by atoms with Crippen LogP contribution in [-0.4, -0.2) is 34.7 Å². The Morgan fingerprint density at radius 2 is 1.82 bits per heavy atom. The number of nitrogens with zero attached hydrogens (tertiary/aromatic N) is 3. The predicted octanol–water partition coefficient (Wildman–Crippen LogP) is 4.84. The van der Waals surface area contributed by atoms with Gasteiger partial charge in [0.2, 0.25) is 5.91 Å². The largest absolute Gasteiger partial charge is 0.497 e. The molecular formula is C27H30N4O3. The van der Waals surface area contributed by atoms with E-state index in [-0.39, 0.29) is 11.9 Å². The van der Waals surface area contributed by atoms with Gasteiger partial charge in [0.25, 0.3) is 0 Å². The average molecular weight is 459 g/mol. The van der Waals surface area contributed by atoms with Gasteiger partial charge >= 0.3 is 0 Å². The van der Waals surface area contributed by atoms with Crippen LogP contribution in [0.25, 0.3) is 16.9 Å². The number of carbonyl (C=O) groups excluding carboxylic acids is 1. The van der Waals surface area contributed by atoms with Crippen molar-refractivity contribution in [3.05, 3.63) is 77.1 Å². The lowest BCUT2D eigenvalue weighted by Gasteiger charge is -2.15. The maximum atomic E-state index is 12.6. The van der Waals surface area contributed by atoms with Gasteiger partial charge in [-0.3, -0.25) is 4.79 Å². The third kappa shape index (κ3) is 4.73. The van der Waals surface area contributed by atoms with Crippen LogP contribution in [-0.2, 0) is 11.2 Å². The first-order valence-electron chi connectivity index (χ1n) is 11.3. The highest BCUT2D eigenvalue weighted by atomic mass is 16.5. The minimum absolute atomic E-state index is 0.0133. The number of hydrogen-bond acceptors (Lipinski definition) is 5. The molecule has 1 atom stereocenters. The van der Waals surface area contributed by atoms with E-state index >= 15 is 0 Å². The molecule has 4 rings (SSSR count). The van der Waals surface area contributed by atoms with Crippen molar-refractivity contribution in [2.45, 2.75) is 39.7 Å². The summed E-state index contributed by atoms with van der Waals surface area (Å²) in [5.74, 6) is 1.41. The van der Waals surface area contributed by atoms with Gasteiger partial charge in [-0.05, 0) is 50.5 Å². The van der Waals surface area contributed by atoms with Crippen LogP contribution in [0.1, 0.15) is 41.9 Å². The SMILES string of the molecule is COc1ccc(-c2cc3nc(C)c(CCC(=O)N[C@H](C)c4ccccc4)c(C)n3n2)c(OC)c1. The molecule has 2 heterocycles. The van der Waals surface area contributed by atoms with Crippen molar-refractivity contribution in [1.82, 2.24) is 19.9 Å². The summed E-state index contributed by atoms with van der Waals surface area (Å²) in [4.78, 5) is 17.4. The highest BCUT2D eigenvalue weighted by Gasteiger charge is 2.17. The second-order valence-electron chi connectivity index (χ2n) is 8.33. The van der Waals surface area contributed by atoms with Crippen LogP contribution < -0.4 is 14.8 Å². The van der Waals surface area contributed by atoms with Gasteiger partial charge < -0.3 is 14.8 Å². The molecule has 0 saturated heterocycles. The molecule has 0 fully saturated rings. The van der Waals surface area contributed by atoms with E-state index in [0.717, 1.165) is 45.2 Å². The zero-order chi connectivity index (χ0) is 24.2. The number of aromatic nitrogens is 3. The van der Waals surface area contributed by atoms with Crippen LogP contribution in [0.15, 0.2) is 54.6 Å². The first-order valence-corrected chi connectivity index (χ1v) is 11.3. The van der Waals surface area contributed by atoms with Crippen LogP contribution in [0.3, 0.4) is 0 Å². The lowest BCUT2D eigenvalue weighted by atomic mass is 10.1. The van der Waals surface area contributed by atoms with Gasteiger partial charge in [-0.1, -0.05) is 30.3 Å². The highest BCUT2D eigenvalue weighted by molar-refractivity contribution is 5.77. The summed E-state index contributed by atoms with van der Waals surface area (Å²) in [6, 6.07) is 17.5. The van der Waals surface area contributed by atoms with E-state index in [1.54, 1.807) is 14.2 Å². The zero-order valence-electron chi connectivity index (χ0n) is 20.3. The van der Waals surface area contributed by atoms with Crippen molar-refractivity contribution >= 4 is 11.6 Å². The van der Waals surface area contributed by atoms with E-state index < -0.39 is 0 Å². The summed E-state index contributed by atoms with van der Waals surface area (Å²) in [6.45, 7) is 5.99. The van der Waals surface area contributed by atoms with Crippen molar-refractivity contribution in [3.8, 4) is 22.8 Å². The quantitative estimate of drug-likeness (QED) is 0.409. The predicted molar refractivity (Wildman–Crippen MR) is 132 cm³/mol. The molecule has 0 spiro atoms. The van der Waals surface area contributed by atoms with Gasteiger partial charge in [-0.2, -0.15) is 5.10 Å². The number of rotatable bonds is 8. The van der Waals surface area contributed by atoms with E-state index in [1.807, 2.05) is 79.9 Å². The Labute approximate surface area is 199 Å². The first kappa shape index (κ1) is 23.3. The number of fused-ring (bicyclic) bond motifs is 1. The highest BCUT2D eigenvalue weighted by Crippen LogP contribution is 2.33. The molecule has 2 aromatic carbocycles. The number of amides is 1. The van der Waals surface area contributed by atoms with Crippen molar-refractivity contribution in [1.29, 1.82) is 0 Å². The van der Waals surface area contributed by atoms with Crippen molar-refractivity contribution in [2.75, 3.05) is 14.2 Å². The molecular weight excluding hydrogens is 428 g/mol. The Morgan fingerprint density at radius 1 is 1.06 bits per heavy atom. The fourth-order valence-electron chi connectivity index (χ4n) is 4.21. The summed E-state index contributed by atoms with van der Waals surface area (Å²) in [5, 5.41) is 7.88. The average Bonchev–Trinajstić information content (AvgIpc) is 3.27. The molecule has 1 N–H and O–H groups in total. The Hall–Kier alpha value is -3.87. The summed E-state index contributed by atoms with van der Waals surface area (Å²) in [6.07, 6.45) is 0.974. The number of ether oxygens (including phenoxy) is 2. The van der Waals surface area contributed by atoms with Gasteiger partial charge in [0.15, 0.2) is 5.65 Å². The lowest BCUT2D eigenvalue weighted by Crippen LogP contribution is -2.27. The van der Waals surface area contributed by atoms with E-state index in [2.05, 4.69) is 5.32 Å². The summed E-state index contributed by atoms with van der Waals surface area (Å²) >= 11 is 0. The number of carbonyl (C=O) groups is 1. The van der Waals surface area contributed by atoms with Crippen LogP contribution >= 0.6 is 0 Å². The third-order valence-corrected chi connectivity index (χ3v) is 6.13. The van der Waals surface area contributed by atoms with Gasteiger partial charge in [0.1, 0.15) is 11.5 Å². The minimum Gasteiger partial charge on any atom is -0.497 e. The van der Waals surface area contributed by atoms with Crippen LogP contribution in [0.5, 0.6) is 11.5 Å². The molecule has 4 aromatic rings. The molecule has 0 bridgehead atoms. The monoisotopic (exact) mass is 458 g/mol. The number of benzene rings is 2. The molecule has 7 heteroatoms. The molecule has 0 aliphatic heterocycles. The lowest BCUT2D eigenvalue weighted by molar-refractivity contribution is -0.121. The molecule has 7 nitrogen and oxygen atoms in total. The van der Waals surface area contributed by atoms with Crippen molar-refractivity contribution in [2.24, 2.45) is 0 Å². The topological polar surface area (TPSA) is 77.8 Å². The normalized spacial score (nSPS) is 11.9. The Balaban J connectivity index is 1.55. The molecule has 0 aliphatic carbocycles. The van der Waals surface area contributed by atoms with E-state index in [4.69, 9.17) is 19.6 Å². The zero-order valence-corrected chi connectivity index (χ0v) is 20.3. The molecule has 2 aromatic heterocycles. The van der Waals surface area contributed by atoms with Gasteiger partial charge in [0.05, 0.1) is 26.0 Å². The van der Waals surface area contributed by atoms with Crippen molar-refractivity contribution < 1.29 is 14.3 Å². The Bertz CT molecular complexity index is 1310. The van der Waals surface area contributed by atoms with E-state index in [9.17, 15) is 4.79 Å². The maximum absolute atomic E-state index is 12.6. The molecule has 0 unspecified atom stereocenters. The molecule has 176 valence electrons. The van der Waals surface area contributed by atoms with E-state index in [1.165, 1.54) is 0 Å². The van der Waals surface area contributed by atoms with Gasteiger partial charge in [-0.25, -0.2) is 9.50 Å². The molecule has 34 heavy (non-hydrogen) atoms. The smallest absolute Gasteiger partial charge is 0.220 e. The summed E-state index contributed by atoms with van der Waals surface area (Å²) in [7, 11) is 3.25. The number of methoxy groups -OCH3 is 2. The fraction of sp³-hybridized carbons (Fsp3) is 0.296.